The third kappa shape index (κ3) is 5.51. The topological polar surface area (TPSA) is 41.6 Å². The molecule has 1 amide bonds. The number of anilines is 1. The second kappa shape index (κ2) is 10.2. The molecule has 1 N–H and O–H groups in total. The Balaban J connectivity index is 1.51. The molecule has 1 fully saturated rings. The quantitative estimate of drug-likeness (QED) is 0.721. The molecule has 0 saturated carbocycles. The Morgan fingerprint density at radius 3 is 2.21 bits per heavy atom. The molecule has 28 heavy (non-hydrogen) atoms. The van der Waals surface area contributed by atoms with Crippen molar-refractivity contribution in [1.29, 1.82) is 0 Å². The Labute approximate surface area is 168 Å². The molecule has 150 valence electrons. The molecule has 0 spiro atoms. The fourth-order valence-corrected chi connectivity index (χ4v) is 3.57. The molecule has 4 nitrogen and oxygen atoms in total. The fourth-order valence-electron chi connectivity index (χ4n) is 3.57. The summed E-state index contributed by atoms with van der Waals surface area (Å²) in [6.07, 6.45) is 5.04. The Morgan fingerprint density at radius 1 is 0.964 bits per heavy atom. The number of nitrogens with zero attached hydrogens (tertiary/aromatic N) is 1. The lowest BCUT2D eigenvalue weighted by Crippen LogP contribution is -2.37. The minimum Gasteiger partial charge on any atom is -0.481 e. The van der Waals surface area contributed by atoms with Gasteiger partial charge in [0.05, 0.1) is 0 Å². The molecule has 4 heteroatoms. The highest BCUT2D eigenvalue weighted by Gasteiger charge is 2.18. The first-order valence-corrected chi connectivity index (χ1v) is 10.6. The number of aryl methyl sites for hydroxylation is 1. The summed E-state index contributed by atoms with van der Waals surface area (Å²) in [7, 11) is 0. The van der Waals surface area contributed by atoms with Gasteiger partial charge in [-0.3, -0.25) is 4.79 Å². The molecule has 2 aromatic carbocycles. The van der Waals surface area contributed by atoms with Crippen molar-refractivity contribution in [2.24, 2.45) is 0 Å². The van der Waals surface area contributed by atoms with E-state index in [9.17, 15) is 4.79 Å². The molecule has 1 aliphatic rings. The zero-order valence-corrected chi connectivity index (χ0v) is 17.1. The lowest BCUT2D eigenvalue weighted by atomic mass is 10.1. The van der Waals surface area contributed by atoms with Gasteiger partial charge in [0.2, 0.25) is 0 Å². The molecule has 0 radical (unpaired) electrons. The number of hydrogen-bond acceptors (Lipinski definition) is 3. The molecule has 3 rings (SSSR count). The summed E-state index contributed by atoms with van der Waals surface area (Å²) in [5.74, 6) is 0.673. The van der Waals surface area contributed by atoms with Crippen molar-refractivity contribution >= 4 is 11.6 Å². The second-order valence-electron chi connectivity index (χ2n) is 7.44. The summed E-state index contributed by atoms with van der Waals surface area (Å²) >= 11 is 0. The molecular formula is C24H32N2O2. The van der Waals surface area contributed by atoms with Crippen molar-refractivity contribution in [2.45, 2.75) is 58.6 Å². The van der Waals surface area contributed by atoms with E-state index in [1.807, 2.05) is 31.2 Å². The van der Waals surface area contributed by atoms with Gasteiger partial charge in [-0.2, -0.15) is 0 Å². The number of carbonyl (C=O) groups is 1. The number of carbonyl (C=O) groups excluding carboxylic acids is 1. The van der Waals surface area contributed by atoms with Crippen molar-refractivity contribution < 1.29 is 9.53 Å². The average Bonchev–Trinajstić information content (AvgIpc) is 2.77. The zero-order chi connectivity index (χ0) is 19.8. The Kier molecular flexibility index (Phi) is 7.35. The van der Waals surface area contributed by atoms with E-state index in [-0.39, 0.29) is 5.91 Å². The maximum absolute atomic E-state index is 12.5. The van der Waals surface area contributed by atoms with Crippen LogP contribution in [0, 0.1) is 0 Å². The molecule has 1 atom stereocenters. The van der Waals surface area contributed by atoms with E-state index in [1.54, 1.807) is 0 Å². The van der Waals surface area contributed by atoms with Gasteiger partial charge in [-0.1, -0.05) is 38.1 Å². The minimum atomic E-state index is -0.472. The van der Waals surface area contributed by atoms with Crippen LogP contribution < -0.4 is 15.0 Å². The average molecular weight is 381 g/mol. The normalized spacial score (nSPS) is 15.1. The summed E-state index contributed by atoms with van der Waals surface area (Å²) in [4.78, 5) is 15.0. The van der Waals surface area contributed by atoms with Crippen molar-refractivity contribution in [3.63, 3.8) is 0 Å². The summed E-state index contributed by atoms with van der Waals surface area (Å²) in [6.45, 7) is 6.90. The predicted molar refractivity (Wildman–Crippen MR) is 115 cm³/mol. The lowest BCUT2D eigenvalue weighted by Gasteiger charge is -2.28. The summed E-state index contributed by atoms with van der Waals surface area (Å²) in [6, 6.07) is 16.5. The van der Waals surface area contributed by atoms with Crippen molar-refractivity contribution in [2.75, 3.05) is 18.0 Å². The van der Waals surface area contributed by atoms with Crippen LogP contribution in [0.3, 0.4) is 0 Å². The van der Waals surface area contributed by atoms with Crippen LogP contribution in [-0.2, 0) is 17.8 Å². The first-order valence-electron chi connectivity index (χ1n) is 10.6. The minimum absolute atomic E-state index is 0.0674. The molecule has 0 bridgehead atoms. The lowest BCUT2D eigenvalue weighted by molar-refractivity contribution is -0.128. The Hall–Kier alpha value is -2.49. The van der Waals surface area contributed by atoms with Gasteiger partial charge in [-0.05, 0) is 67.5 Å². The first kappa shape index (κ1) is 20.2. The molecule has 0 aliphatic carbocycles. The number of ether oxygens (including phenoxy) is 1. The number of amides is 1. The van der Waals surface area contributed by atoms with E-state index in [4.69, 9.17) is 4.74 Å². The maximum atomic E-state index is 12.5. The van der Waals surface area contributed by atoms with Crippen LogP contribution in [0.2, 0.25) is 0 Å². The molecule has 1 heterocycles. The summed E-state index contributed by atoms with van der Waals surface area (Å²) in [5.41, 5.74) is 3.65. The van der Waals surface area contributed by atoms with Crippen molar-refractivity contribution in [1.82, 2.24) is 5.32 Å². The first-order chi connectivity index (χ1) is 13.7. The van der Waals surface area contributed by atoms with Gasteiger partial charge in [-0.25, -0.2) is 0 Å². The van der Waals surface area contributed by atoms with Crippen LogP contribution in [0.15, 0.2) is 48.5 Å². The van der Waals surface area contributed by atoms with Gasteiger partial charge in [0.15, 0.2) is 6.10 Å². The molecule has 0 aromatic heterocycles. The largest absolute Gasteiger partial charge is 0.481 e. The van der Waals surface area contributed by atoms with Crippen LogP contribution in [-0.4, -0.2) is 25.1 Å². The van der Waals surface area contributed by atoms with E-state index in [0.717, 1.165) is 30.8 Å². The number of hydrogen-bond donors (Lipinski definition) is 1. The highest BCUT2D eigenvalue weighted by atomic mass is 16.5. The third-order valence-electron chi connectivity index (χ3n) is 5.40. The SMILES string of the molecule is CCc1ccc(O[C@@H](CC)C(=O)NCc2ccc(N3CCCCC3)cc2)cc1. The molecular weight excluding hydrogens is 348 g/mol. The van der Waals surface area contributed by atoms with Gasteiger partial charge in [0, 0.05) is 25.3 Å². The highest BCUT2D eigenvalue weighted by molar-refractivity contribution is 5.81. The van der Waals surface area contributed by atoms with Crippen LogP contribution in [0.1, 0.15) is 50.7 Å². The third-order valence-corrected chi connectivity index (χ3v) is 5.40. The highest BCUT2D eigenvalue weighted by Crippen LogP contribution is 2.20. The van der Waals surface area contributed by atoms with Gasteiger partial charge < -0.3 is 15.0 Å². The molecule has 1 saturated heterocycles. The van der Waals surface area contributed by atoms with Gasteiger partial charge >= 0.3 is 0 Å². The van der Waals surface area contributed by atoms with Crippen LogP contribution in [0.25, 0.3) is 0 Å². The van der Waals surface area contributed by atoms with Gasteiger partial charge in [-0.15, -0.1) is 0 Å². The van der Waals surface area contributed by atoms with Crippen LogP contribution in [0.5, 0.6) is 5.75 Å². The monoisotopic (exact) mass is 380 g/mol. The fraction of sp³-hybridized carbons (Fsp3) is 0.458. The number of rotatable bonds is 8. The van der Waals surface area contributed by atoms with Crippen LogP contribution in [0.4, 0.5) is 5.69 Å². The smallest absolute Gasteiger partial charge is 0.261 e. The summed E-state index contributed by atoms with van der Waals surface area (Å²) in [5, 5.41) is 3.01. The van der Waals surface area contributed by atoms with Crippen LogP contribution >= 0.6 is 0 Å². The van der Waals surface area contributed by atoms with E-state index in [1.165, 1.54) is 30.5 Å². The predicted octanol–water partition coefficient (Wildman–Crippen LogP) is 4.71. The number of piperidine rings is 1. The molecule has 2 aromatic rings. The zero-order valence-electron chi connectivity index (χ0n) is 17.1. The number of nitrogens with one attached hydrogen (secondary N) is 1. The Bertz CT molecular complexity index is 734. The number of benzene rings is 2. The van der Waals surface area contributed by atoms with E-state index in [0.29, 0.717) is 13.0 Å². The van der Waals surface area contributed by atoms with E-state index in [2.05, 4.69) is 41.4 Å². The van der Waals surface area contributed by atoms with Gasteiger partial charge in [0.25, 0.3) is 5.91 Å². The summed E-state index contributed by atoms with van der Waals surface area (Å²) < 4.78 is 5.89. The standard InChI is InChI=1S/C24H32N2O2/c1-3-19-10-14-22(15-11-19)28-23(4-2)24(27)25-18-20-8-12-21(13-9-20)26-16-6-5-7-17-26/h8-15,23H,3-7,16-18H2,1-2H3,(H,25,27)/t23-/m0/s1. The van der Waals surface area contributed by atoms with Crippen molar-refractivity contribution in [3.05, 3.63) is 59.7 Å². The van der Waals surface area contributed by atoms with E-state index < -0.39 is 6.10 Å². The Morgan fingerprint density at radius 2 is 1.61 bits per heavy atom. The molecule has 0 unspecified atom stereocenters. The second-order valence-corrected chi connectivity index (χ2v) is 7.44. The van der Waals surface area contributed by atoms with Crippen molar-refractivity contribution in [3.8, 4) is 5.75 Å². The molecule has 1 aliphatic heterocycles. The van der Waals surface area contributed by atoms with Gasteiger partial charge in [0.1, 0.15) is 5.75 Å². The van der Waals surface area contributed by atoms with E-state index >= 15 is 0 Å². The maximum Gasteiger partial charge on any atom is 0.261 e.